The molecule has 2 bridgehead atoms. The van der Waals surface area contributed by atoms with Gasteiger partial charge in [0.2, 0.25) is 0 Å². The quantitative estimate of drug-likeness (QED) is 0.752. The molecule has 3 rings (SSSR count). The summed E-state index contributed by atoms with van der Waals surface area (Å²) >= 11 is 0. The number of hydrogen-bond donors (Lipinski definition) is 0. The van der Waals surface area contributed by atoms with E-state index in [1.165, 1.54) is 52.0 Å². The Balaban J connectivity index is 1.45. The fourth-order valence-electron chi connectivity index (χ4n) is 4.15. The maximum atomic E-state index is 2.82. The minimum absolute atomic E-state index is 0.739. The van der Waals surface area contributed by atoms with Gasteiger partial charge in [0, 0.05) is 37.8 Å². The summed E-state index contributed by atoms with van der Waals surface area (Å²) in [7, 11) is 2.28. The van der Waals surface area contributed by atoms with Crippen LogP contribution in [0.3, 0.4) is 0 Å². The summed E-state index contributed by atoms with van der Waals surface area (Å²) in [6, 6.07) is 2.51. The molecule has 3 saturated heterocycles. The normalized spacial score (nSPS) is 36.0. The van der Waals surface area contributed by atoms with Gasteiger partial charge < -0.3 is 9.80 Å². The molecule has 0 radical (unpaired) electrons. The first-order chi connectivity index (χ1) is 8.63. The van der Waals surface area contributed by atoms with Gasteiger partial charge >= 0.3 is 0 Å². The highest BCUT2D eigenvalue weighted by atomic mass is 15.3. The summed E-state index contributed by atoms with van der Waals surface area (Å²) < 4.78 is 0. The molecule has 0 N–H and O–H groups in total. The van der Waals surface area contributed by atoms with Crippen LogP contribution < -0.4 is 0 Å². The smallest absolute Gasteiger partial charge is 0.0242 e. The first-order valence-corrected chi connectivity index (χ1v) is 7.82. The zero-order chi connectivity index (χ0) is 12.7. The number of nitrogens with zero attached hydrogens (tertiary/aromatic N) is 3. The van der Waals surface area contributed by atoms with Crippen LogP contribution in [0.25, 0.3) is 0 Å². The number of fused-ring (bicyclic) bond motifs is 2. The van der Waals surface area contributed by atoms with Crippen molar-refractivity contribution in [3.8, 4) is 0 Å². The molecule has 3 heterocycles. The number of rotatable bonds is 3. The SMILES string of the molecule is CC(C)N1CCC(CN2C3CC2CN(C)C3)CC1. The Morgan fingerprint density at radius 2 is 1.67 bits per heavy atom. The molecule has 3 nitrogen and oxygen atoms in total. The van der Waals surface area contributed by atoms with Gasteiger partial charge in [0.25, 0.3) is 0 Å². The van der Waals surface area contributed by atoms with Gasteiger partial charge in [-0.2, -0.15) is 0 Å². The van der Waals surface area contributed by atoms with Gasteiger partial charge in [-0.15, -0.1) is 0 Å². The van der Waals surface area contributed by atoms with Crippen LogP contribution in [-0.4, -0.2) is 72.6 Å². The van der Waals surface area contributed by atoms with Gasteiger partial charge in [0.05, 0.1) is 0 Å². The average Bonchev–Trinajstić information content (AvgIpc) is 2.36. The van der Waals surface area contributed by atoms with Gasteiger partial charge in [-0.1, -0.05) is 0 Å². The Morgan fingerprint density at radius 1 is 1.06 bits per heavy atom. The topological polar surface area (TPSA) is 9.72 Å². The van der Waals surface area contributed by atoms with Crippen LogP contribution in [0.5, 0.6) is 0 Å². The number of piperidine rings is 2. The summed E-state index contributed by atoms with van der Waals surface area (Å²) in [4.78, 5) is 7.97. The fourth-order valence-corrected chi connectivity index (χ4v) is 4.15. The molecule has 3 heteroatoms. The van der Waals surface area contributed by atoms with Crippen LogP contribution in [0.15, 0.2) is 0 Å². The molecule has 0 saturated carbocycles. The minimum Gasteiger partial charge on any atom is -0.303 e. The monoisotopic (exact) mass is 251 g/mol. The summed E-state index contributed by atoms with van der Waals surface area (Å²) in [5.41, 5.74) is 0. The van der Waals surface area contributed by atoms with Crippen molar-refractivity contribution in [2.45, 2.75) is 51.2 Å². The number of likely N-dealkylation sites (N-methyl/N-ethyl adjacent to an activating group) is 1. The van der Waals surface area contributed by atoms with Crippen LogP contribution >= 0.6 is 0 Å². The maximum Gasteiger partial charge on any atom is 0.0242 e. The highest BCUT2D eigenvalue weighted by molar-refractivity contribution is 5.00. The van der Waals surface area contributed by atoms with E-state index in [1.54, 1.807) is 0 Å². The van der Waals surface area contributed by atoms with Gasteiger partial charge in [-0.3, -0.25) is 4.90 Å². The summed E-state index contributed by atoms with van der Waals surface area (Å²) in [6.07, 6.45) is 4.31. The van der Waals surface area contributed by atoms with Crippen molar-refractivity contribution < 1.29 is 0 Å². The van der Waals surface area contributed by atoms with E-state index in [-0.39, 0.29) is 0 Å². The van der Waals surface area contributed by atoms with E-state index in [1.807, 2.05) is 0 Å². The number of piperazine rings is 1. The summed E-state index contributed by atoms with van der Waals surface area (Å²) in [5.74, 6) is 0.966. The largest absolute Gasteiger partial charge is 0.303 e. The van der Waals surface area contributed by atoms with Gasteiger partial charge in [-0.05, 0) is 59.2 Å². The van der Waals surface area contributed by atoms with Gasteiger partial charge in [-0.25, -0.2) is 0 Å². The Kier molecular flexibility index (Phi) is 3.65. The minimum atomic E-state index is 0.739. The Morgan fingerprint density at radius 3 is 2.22 bits per heavy atom. The standard InChI is InChI=1S/C15H29N3/c1-12(2)17-6-4-13(5-7-17)9-18-14-8-15(18)11-16(3)10-14/h12-15H,4-11H2,1-3H3. The molecule has 2 unspecified atom stereocenters. The van der Waals surface area contributed by atoms with Crippen LogP contribution in [0, 0.1) is 5.92 Å². The molecule has 18 heavy (non-hydrogen) atoms. The zero-order valence-corrected chi connectivity index (χ0v) is 12.3. The zero-order valence-electron chi connectivity index (χ0n) is 12.3. The lowest BCUT2D eigenvalue weighted by Crippen LogP contribution is -2.68. The molecule has 3 fully saturated rings. The van der Waals surface area contributed by atoms with E-state index in [9.17, 15) is 0 Å². The lowest BCUT2D eigenvalue weighted by atomic mass is 9.84. The summed E-state index contributed by atoms with van der Waals surface area (Å²) in [6.45, 7) is 11.3. The molecular formula is C15H29N3. The Bertz CT molecular complexity index is 271. The van der Waals surface area contributed by atoms with E-state index in [0.717, 1.165) is 24.0 Å². The van der Waals surface area contributed by atoms with Crippen molar-refractivity contribution in [1.82, 2.24) is 14.7 Å². The van der Waals surface area contributed by atoms with Gasteiger partial charge in [0.15, 0.2) is 0 Å². The molecule has 0 spiro atoms. The lowest BCUT2D eigenvalue weighted by molar-refractivity contribution is -0.0736. The lowest BCUT2D eigenvalue weighted by Gasteiger charge is -2.57. The van der Waals surface area contributed by atoms with Gasteiger partial charge in [0.1, 0.15) is 0 Å². The second-order valence-electron chi connectivity index (χ2n) is 7.03. The molecule has 104 valence electrons. The average molecular weight is 251 g/mol. The Labute approximate surface area is 112 Å². The Hall–Kier alpha value is -0.120. The van der Waals surface area contributed by atoms with E-state index >= 15 is 0 Å². The second-order valence-corrected chi connectivity index (χ2v) is 7.03. The second kappa shape index (κ2) is 5.10. The number of likely N-dealkylation sites (tertiary alicyclic amines) is 3. The maximum absolute atomic E-state index is 2.82. The van der Waals surface area contributed by atoms with E-state index in [0.29, 0.717) is 0 Å². The highest BCUT2D eigenvalue weighted by Crippen LogP contribution is 2.33. The summed E-state index contributed by atoms with van der Waals surface area (Å²) in [5, 5.41) is 0. The number of hydrogen-bond acceptors (Lipinski definition) is 3. The van der Waals surface area contributed by atoms with Crippen molar-refractivity contribution >= 4 is 0 Å². The molecule has 0 aromatic rings. The highest BCUT2D eigenvalue weighted by Gasteiger charge is 2.44. The third kappa shape index (κ3) is 2.45. The first-order valence-electron chi connectivity index (χ1n) is 7.82. The van der Waals surface area contributed by atoms with Crippen molar-refractivity contribution in [2.75, 3.05) is 39.8 Å². The van der Waals surface area contributed by atoms with Crippen LogP contribution in [-0.2, 0) is 0 Å². The third-order valence-corrected chi connectivity index (χ3v) is 5.38. The fraction of sp³-hybridized carbons (Fsp3) is 1.00. The van der Waals surface area contributed by atoms with Crippen LogP contribution in [0.1, 0.15) is 33.1 Å². The van der Waals surface area contributed by atoms with E-state index < -0.39 is 0 Å². The third-order valence-electron chi connectivity index (χ3n) is 5.38. The first kappa shape index (κ1) is 12.9. The van der Waals surface area contributed by atoms with Crippen LogP contribution in [0.2, 0.25) is 0 Å². The molecular weight excluding hydrogens is 222 g/mol. The van der Waals surface area contributed by atoms with Crippen molar-refractivity contribution in [2.24, 2.45) is 5.92 Å². The van der Waals surface area contributed by atoms with Crippen LogP contribution in [0.4, 0.5) is 0 Å². The molecule has 3 aliphatic heterocycles. The van der Waals surface area contributed by atoms with E-state index in [4.69, 9.17) is 0 Å². The van der Waals surface area contributed by atoms with Crippen molar-refractivity contribution in [3.05, 3.63) is 0 Å². The predicted molar refractivity (Wildman–Crippen MR) is 75.8 cm³/mol. The molecule has 3 aliphatic rings. The molecule has 0 amide bonds. The molecule has 0 aromatic carbocycles. The van der Waals surface area contributed by atoms with Crippen molar-refractivity contribution in [1.29, 1.82) is 0 Å². The molecule has 0 aliphatic carbocycles. The predicted octanol–water partition coefficient (Wildman–Crippen LogP) is 1.50. The molecule has 0 aromatic heterocycles. The molecule has 2 atom stereocenters. The van der Waals surface area contributed by atoms with E-state index in [2.05, 4.69) is 35.6 Å². The van der Waals surface area contributed by atoms with Crippen molar-refractivity contribution in [3.63, 3.8) is 0 Å².